The molecule has 0 radical (unpaired) electrons. The summed E-state index contributed by atoms with van der Waals surface area (Å²) in [6, 6.07) is 14.4. The van der Waals surface area contributed by atoms with Crippen molar-refractivity contribution in [3.63, 3.8) is 0 Å². The molecule has 0 saturated carbocycles. The monoisotopic (exact) mass is 371 g/mol. The fraction of sp³-hybridized carbons (Fsp3) is 0.300. The Bertz CT molecular complexity index is 792. The van der Waals surface area contributed by atoms with Crippen molar-refractivity contribution >= 4 is 11.9 Å². The van der Waals surface area contributed by atoms with Gasteiger partial charge in [-0.05, 0) is 36.2 Å². The van der Waals surface area contributed by atoms with Crippen molar-refractivity contribution in [1.29, 1.82) is 0 Å². The zero-order valence-corrected chi connectivity index (χ0v) is 15.0. The number of benzene rings is 2. The van der Waals surface area contributed by atoms with Crippen molar-refractivity contribution in [2.24, 2.45) is 0 Å². The number of fused-ring (bicyclic) bond motifs is 1. The molecule has 0 aliphatic carbocycles. The van der Waals surface area contributed by atoms with Gasteiger partial charge < -0.3 is 24.3 Å². The van der Waals surface area contributed by atoms with Crippen LogP contribution in [0.25, 0.3) is 0 Å². The van der Waals surface area contributed by atoms with Crippen molar-refractivity contribution in [2.75, 3.05) is 13.4 Å². The molecule has 3 rings (SSSR count). The minimum atomic E-state index is -0.756. The van der Waals surface area contributed by atoms with Gasteiger partial charge in [0.05, 0.1) is 0 Å². The summed E-state index contributed by atoms with van der Waals surface area (Å²) in [5.74, 6) is 0.948. The quantitative estimate of drug-likeness (QED) is 0.718. The van der Waals surface area contributed by atoms with E-state index in [1.807, 2.05) is 31.2 Å². The molecule has 1 aliphatic rings. The van der Waals surface area contributed by atoms with Crippen LogP contribution in [0.4, 0.5) is 0 Å². The van der Waals surface area contributed by atoms with Crippen molar-refractivity contribution in [2.45, 2.75) is 26.0 Å². The number of carbonyl (C=O) groups is 2. The molecule has 0 saturated heterocycles. The summed E-state index contributed by atoms with van der Waals surface area (Å²) in [4.78, 5) is 24.1. The molecule has 0 fully saturated rings. The van der Waals surface area contributed by atoms with Crippen LogP contribution in [0.15, 0.2) is 48.5 Å². The number of rotatable bonds is 8. The highest BCUT2D eigenvalue weighted by Crippen LogP contribution is 2.32. The molecule has 0 unspecified atom stereocenters. The first-order chi connectivity index (χ1) is 13.2. The Kier molecular flexibility index (Phi) is 6.14. The SMILES string of the molecule is CC[C@H](Oc1ccccc1)C(=O)OCC(=O)NCc1ccc2c(c1)OCO2. The Labute approximate surface area is 157 Å². The first kappa shape index (κ1) is 18.6. The molecule has 0 aromatic heterocycles. The van der Waals surface area contributed by atoms with Crippen LogP contribution in [0.1, 0.15) is 18.9 Å². The average Bonchev–Trinajstić information content (AvgIpc) is 3.17. The summed E-state index contributed by atoms with van der Waals surface area (Å²) in [5.41, 5.74) is 0.859. The van der Waals surface area contributed by atoms with Crippen LogP contribution < -0.4 is 19.5 Å². The molecule has 1 N–H and O–H groups in total. The topological polar surface area (TPSA) is 83.1 Å². The lowest BCUT2D eigenvalue weighted by Gasteiger charge is -2.16. The molecule has 2 aromatic rings. The molecule has 2 aromatic carbocycles. The third-order valence-corrected chi connectivity index (χ3v) is 3.93. The van der Waals surface area contributed by atoms with Crippen LogP contribution in [0.5, 0.6) is 17.2 Å². The van der Waals surface area contributed by atoms with Crippen LogP contribution in [-0.4, -0.2) is 31.4 Å². The molecule has 1 heterocycles. The van der Waals surface area contributed by atoms with Gasteiger partial charge in [-0.25, -0.2) is 4.79 Å². The number of esters is 1. The summed E-state index contributed by atoms with van der Waals surface area (Å²) >= 11 is 0. The number of carbonyl (C=O) groups excluding carboxylic acids is 2. The van der Waals surface area contributed by atoms with E-state index in [4.69, 9.17) is 18.9 Å². The van der Waals surface area contributed by atoms with Crippen molar-refractivity contribution < 1.29 is 28.5 Å². The lowest BCUT2D eigenvalue weighted by molar-refractivity contribution is -0.155. The standard InChI is InChI=1S/C20H21NO6/c1-2-16(27-15-6-4-3-5-7-15)20(23)24-12-19(22)21-11-14-8-9-17-18(10-14)26-13-25-17/h3-10,16H,2,11-13H2,1H3,(H,21,22)/t16-/m0/s1. The van der Waals surface area contributed by atoms with Crippen molar-refractivity contribution in [3.8, 4) is 17.2 Å². The van der Waals surface area contributed by atoms with Crippen molar-refractivity contribution in [3.05, 3.63) is 54.1 Å². The van der Waals surface area contributed by atoms with E-state index < -0.39 is 18.0 Å². The van der Waals surface area contributed by atoms with Crippen LogP contribution >= 0.6 is 0 Å². The summed E-state index contributed by atoms with van der Waals surface area (Å²) in [5, 5.41) is 2.70. The van der Waals surface area contributed by atoms with Gasteiger partial charge in [-0.1, -0.05) is 31.2 Å². The average molecular weight is 371 g/mol. The number of para-hydroxylation sites is 1. The highest BCUT2D eigenvalue weighted by molar-refractivity contribution is 5.82. The van der Waals surface area contributed by atoms with Crippen molar-refractivity contribution in [1.82, 2.24) is 5.32 Å². The predicted octanol–water partition coefficient (Wildman–Crippen LogP) is 2.43. The Morgan fingerprint density at radius 3 is 2.67 bits per heavy atom. The predicted molar refractivity (Wildman–Crippen MR) is 96.5 cm³/mol. The Morgan fingerprint density at radius 2 is 1.89 bits per heavy atom. The Morgan fingerprint density at radius 1 is 1.11 bits per heavy atom. The Hall–Kier alpha value is -3.22. The maximum atomic E-state index is 12.1. The molecule has 27 heavy (non-hydrogen) atoms. The van der Waals surface area contributed by atoms with Gasteiger partial charge in [0.2, 0.25) is 6.79 Å². The summed E-state index contributed by atoms with van der Waals surface area (Å²) in [6.07, 6.45) is -0.318. The van der Waals surface area contributed by atoms with E-state index in [0.29, 0.717) is 30.2 Å². The van der Waals surface area contributed by atoms with E-state index in [-0.39, 0.29) is 13.4 Å². The van der Waals surface area contributed by atoms with Gasteiger partial charge in [0.25, 0.3) is 5.91 Å². The highest BCUT2D eigenvalue weighted by atomic mass is 16.7. The number of nitrogens with one attached hydrogen (secondary N) is 1. The normalized spacial score (nSPS) is 12.9. The lowest BCUT2D eigenvalue weighted by atomic mass is 10.2. The van der Waals surface area contributed by atoms with E-state index in [9.17, 15) is 9.59 Å². The number of amides is 1. The molecule has 0 spiro atoms. The van der Waals surface area contributed by atoms with Gasteiger partial charge in [0.1, 0.15) is 5.75 Å². The van der Waals surface area contributed by atoms with Gasteiger partial charge in [0, 0.05) is 6.54 Å². The van der Waals surface area contributed by atoms with Crippen LogP contribution in [0.2, 0.25) is 0 Å². The molecule has 7 nitrogen and oxygen atoms in total. The maximum absolute atomic E-state index is 12.1. The van der Waals surface area contributed by atoms with E-state index in [0.717, 1.165) is 5.56 Å². The summed E-state index contributed by atoms with van der Waals surface area (Å²) < 4.78 is 21.2. The van der Waals surface area contributed by atoms with Gasteiger partial charge in [-0.2, -0.15) is 0 Å². The van der Waals surface area contributed by atoms with Gasteiger partial charge in [-0.15, -0.1) is 0 Å². The number of hydrogen-bond donors (Lipinski definition) is 1. The molecule has 7 heteroatoms. The van der Waals surface area contributed by atoms with E-state index in [2.05, 4.69) is 5.32 Å². The molecule has 1 atom stereocenters. The second-order valence-electron chi connectivity index (χ2n) is 5.90. The Balaban J connectivity index is 1.43. The smallest absolute Gasteiger partial charge is 0.347 e. The molecular weight excluding hydrogens is 350 g/mol. The molecule has 1 aliphatic heterocycles. The number of ether oxygens (including phenoxy) is 4. The second kappa shape index (κ2) is 8.93. The van der Waals surface area contributed by atoms with Gasteiger partial charge in [-0.3, -0.25) is 4.79 Å². The number of hydrogen-bond acceptors (Lipinski definition) is 6. The molecule has 142 valence electrons. The molecular formula is C20H21NO6. The van der Waals surface area contributed by atoms with E-state index in [1.54, 1.807) is 24.3 Å². The molecule has 0 bridgehead atoms. The highest BCUT2D eigenvalue weighted by Gasteiger charge is 2.21. The van der Waals surface area contributed by atoms with E-state index in [1.165, 1.54) is 0 Å². The van der Waals surface area contributed by atoms with Crippen LogP contribution in [0, 0.1) is 0 Å². The third kappa shape index (κ3) is 5.13. The van der Waals surface area contributed by atoms with E-state index >= 15 is 0 Å². The zero-order valence-electron chi connectivity index (χ0n) is 15.0. The van der Waals surface area contributed by atoms with Gasteiger partial charge >= 0.3 is 5.97 Å². The van der Waals surface area contributed by atoms with Crippen LogP contribution in [-0.2, 0) is 20.9 Å². The zero-order chi connectivity index (χ0) is 19.1. The summed E-state index contributed by atoms with van der Waals surface area (Å²) in [7, 11) is 0. The lowest BCUT2D eigenvalue weighted by Crippen LogP contribution is -2.33. The second-order valence-corrected chi connectivity index (χ2v) is 5.90. The maximum Gasteiger partial charge on any atom is 0.347 e. The minimum absolute atomic E-state index is 0.199. The fourth-order valence-electron chi connectivity index (χ4n) is 2.49. The summed E-state index contributed by atoms with van der Waals surface area (Å²) in [6.45, 7) is 1.95. The molecule has 1 amide bonds. The van der Waals surface area contributed by atoms with Gasteiger partial charge in [0.15, 0.2) is 24.2 Å². The van der Waals surface area contributed by atoms with Crippen LogP contribution in [0.3, 0.4) is 0 Å². The first-order valence-electron chi connectivity index (χ1n) is 8.69. The largest absolute Gasteiger partial charge is 0.479 e. The fourth-order valence-corrected chi connectivity index (χ4v) is 2.49. The first-order valence-corrected chi connectivity index (χ1v) is 8.69. The third-order valence-electron chi connectivity index (χ3n) is 3.93. The minimum Gasteiger partial charge on any atom is -0.479 e.